The number of amides is 1. The fraction of sp³-hybridized carbons (Fsp3) is 0.278. The highest BCUT2D eigenvalue weighted by molar-refractivity contribution is 6.30. The molecular weight excluding hydrogens is 355 g/mol. The van der Waals surface area contributed by atoms with Gasteiger partial charge in [-0.1, -0.05) is 36.7 Å². The third-order valence-corrected chi connectivity index (χ3v) is 3.69. The van der Waals surface area contributed by atoms with Crippen LogP contribution in [0.2, 0.25) is 5.02 Å². The average molecular weight is 372 g/mol. The number of ether oxygens (including phenoxy) is 1. The maximum absolute atomic E-state index is 12.7. The Morgan fingerprint density at radius 2 is 1.92 bits per heavy atom. The minimum atomic E-state index is -4.42. The fourth-order valence-electron chi connectivity index (χ4n) is 2.19. The normalized spacial score (nSPS) is 12.5. The molecule has 0 saturated carbocycles. The first-order valence-electron chi connectivity index (χ1n) is 7.65. The van der Waals surface area contributed by atoms with Crippen LogP contribution in [-0.2, 0) is 17.5 Å². The van der Waals surface area contributed by atoms with Crippen LogP contribution in [0.15, 0.2) is 48.5 Å². The third kappa shape index (κ3) is 5.67. The summed E-state index contributed by atoms with van der Waals surface area (Å²) in [5.41, 5.74) is -0.387. The Labute approximate surface area is 148 Å². The lowest BCUT2D eigenvalue weighted by Crippen LogP contribution is -2.37. The molecule has 1 amide bonds. The van der Waals surface area contributed by atoms with Crippen LogP contribution in [0.3, 0.4) is 0 Å². The SMILES string of the molecule is CCC(Oc1cccc(Cl)c1)C(=O)NCc1cccc(C(F)(F)F)c1. The van der Waals surface area contributed by atoms with E-state index in [0.717, 1.165) is 12.1 Å². The van der Waals surface area contributed by atoms with Gasteiger partial charge in [-0.3, -0.25) is 4.79 Å². The smallest absolute Gasteiger partial charge is 0.416 e. The van der Waals surface area contributed by atoms with Gasteiger partial charge >= 0.3 is 6.18 Å². The number of alkyl halides is 3. The summed E-state index contributed by atoms with van der Waals surface area (Å²) in [6.07, 6.45) is -4.77. The highest BCUT2D eigenvalue weighted by Gasteiger charge is 2.30. The lowest BCUT2D eigenvalue weighted by atomic mass is 10.1. The molecule has 25 heavy (non-hydrogen) atoms. The van der Waals surface area contributed by atoms with E-state index in [-0.39, 0.29) is 6.54 Å². The second kappa shape index (κ2) is 8.25. The monoisotopic (exact) mass is 371 g/mol. The predicted octanol–water partition coefficient (Wildman–Crippen LogP) is 4.83. The summed E-state index contributed by atoms with van der Waals surface area (Å²) >= 11 is 5.87. The number of carbonyl (C=O) groups excluding carboxylic acids is 1. The van der Waals surface area contributed by atoms with Crippen molar-refractivity contribution in [1.82, 2.24) is 5.32 Å². The zero-order valence-electron chi connectivity index (χ0n) is 13.4. The van der Waals surface area contributed by atoms with E-state index in [2.05, 4.69) is 5.32 Å². The third-order valence-electron chi connectivity index (χ3n) is 3.46. The molecule has 1 N–H and O–H groups in total. The molecule has 0 aliphatic rings. The van der Waals surface area contributed by atoms with Crippen LogP contribution in [-0.4, -0.2) is 12.0 Å². The predicted molar refractivity (Wildman–Crippen MR) is 89.4 cm³/mol. The Balaban J connectivity index is 1.98. The minimum Gasteiger partial charge on any atom is -0.481 e. The second-order valence-corrected chi connectivity index (χ2v) is 5.82. The van der Waals surface area contributed by atoms with Crippen molar-refractivity contribution in [3.05, 3.63) is 64.7 Å². The number of rotatable bonds is 6. The fourth-order valence-corrected chi connectivity index (χ4v) is 2.37. The second-order valence-electron chi connectivity index (χ2n) is 5.39. The van der Waals surface area contributed by atoms with Gasteiger partial charge in [0.05, 0.1) is 5.56 Å². The van der Waals surface area contributed by atoms with E-state index in [4.69, 9.17) is 16.3 Å². The molecule has 0 aromatic heterocycles. The molecule has 0 heterocycles. The van der Waals surface area contributed by atoms with E-state index in [1.807, 2.05) is 0 Å². The molecule has 0 saturated heterocycles. The van der Waals surface area contributed by atoms with Gasteiger partial charge in [0.1, 0.15) is 5.75 Å². The molecule has 2 rings (SSSR count). The van der Waals surface area contributed by atoms with E-state index in [0.29, 0.717) is 22.8 Å². The molecule has 0 spiro atoms. The zero-order chi connectivity index (χ0) is 18.4. The standard InChI is InChI=1S/C18H17ClF3NO2/c1-2-16(25-15-8-4-7-14(19)10-15)17(24)23-11-12-5-3-6-13(9-12)18(20,21)22/h3-10,16H,2,11H2,1H3,(H,23,24). The Morgan fingerprint density at radius 3 is 2.56 bits per heavy atom. The number of halogens is 4. The molecule has 2 aromatic rings. The quantitative estimate of drug-likeness (QED) is 0.789. The van der Waals surface area contributed by atoms with Crippen LogP contribution >= 0.6 is 11.6 Å². The summed E-state index contributed by atoms with van der Waals surface area (Å²) in [5.74, 6) is 0.0495. The van der Waals surface area contributed by atoms with Gasteiger partial charge in [0, 0.05) is 11.6 Å². The highest BCUT2D eigenvalue weighted by atomic mass is 35.5. The Bertz CT molecular complexity index is 734. The van der Waals surface area contributed by atoms with Crippen LogP contribution in [0, 0.1) is 0 Å². The van der Waals surface area contributed by atoms with Gasteiger partial charge in [0.2, 0.25) is 0 Å². The number of benzene rings is 2. The highest BCUT2D eigenvalue weighted by Crippen LogP contribution is 2.29. The molecule has 0 bridgehead atoms. The summed E-state index contributed by atoms with van der Waals surface area (Å²) in [7, 11) is 0. The Hall–Kier alpha value is -2.21. The van der Waals surface area contributed by atoms with Crippen LogP contribution in [0.4, 0.5) is 13.2 Å². The molecule has 1 atom stereocenters. The van der Waals surface area contributed by atoms with Crippen molar-refractivity contribution in [2.75, 3.05) is 0 Å². The summed E-state index contributed by atoms with van der Waals surface area (Å²) < 4.78 is 43.7. The van der Waals surface area contributed by atoms with Crippen LogP contribution < -0.4 is 10.1 Å². The van der Waals surface area contributed by atoms with Crippen molar-refractivity contribution in [1.29, 1.82) is 0 Å². The molecule has 7 heteroatoms. The largest absolute Gasteiger partial charge is 0.481 e. The Morgan fingerprint density at radius 1 is 1.20 bits per heavy atom. The average Bonchev–Trinajstić information content (AvgIpc) is 2.57. The molecule has 0 fully saturated rings. The van der Waals surface area contributed by atoms with E-state index in [9.17, 15) is 18.0 Å². The lowest BCUT2D eigenvalue weighted by Gasteiger charge is -2.17. The Kier molecular flexibility index (Phi) is 6.31. The van der Waals surface area contributed by atoms with Gasteiger partial charge in [-0.15, -0.1) is 0 Å². The molecule has 0 radical (unpaired) electrons. The summed E-state index contributed by atoms with van der Waals surface area (Å²) in [5, 5.41) is 3.08. The van der Waals surface area contributed by atoms with Gasteiger partial charge in [-0.05, 0) is 42.3 Å². The van der Waals surface area contributed by atoms with Gasteiger partial charge in [-0.2, -0.15) is 13.2 Å². The van der Waals surface area contributed by atoms with Crippen molar-refractivity contribution in [3.8, 4) is 5.75 Å². The van der Waals surface area contributed by atoms with Crippen molar-refractivity contribution < 1.29 is 22.7 Å². The van der Waals surface area contributed by atoms with Crippen LogP contribution in [0.25, 0.3) is 0 Å². The van der Waals surface area contributed by atoms with E-state index in [1.54, 1.807) is 31.2 Å². The van der Waals surface area contributed by atoms with Crippen molar-refractivity contribution in [2.45, 2.75) is 32.2 Å². The molecule has 0 aliphatic carbocycles. The lowest BCUT2D eigenvalue weighted by molar-refractivity contribution is -0.137. The first kappa shape index (κ1) is 19.1. The molecule has 3 nitrogen and oxygen atoms in total. The zero-order valence-corrected chi connectivity index (χ0v) is 14.2. The number of hydrogen-bond donors (Lipinski definition) is 1. The van der Waals surface area contributed by atoms with E-state index in [1.165, 1.54) is 12.1 Å². The summed E-state index contributed by atoms with van der Waals surface area (Å²) in [6, 6.07) is 11.5. The van der Waals surface area contributed by atoms with E-state index < -0.39 is 23.8 Å². The number of hydrogen-bond acceptors (Lipinski definition) is 2. The minimum absolute atomic E-state index is 0.0157. The molecular formula is C18H17ClF3NO2. The van der Waals surface area contributed by atoms with Crippen molar-refractivity contribution in [3.63, 3.8) is 0 Å². The van der Waals surface area contributed by atoms with Crippen LogP contribution in [0.5, 0.6) is 5.75 Å². The number of nitrogens with one attached hydrogen (secondary N) is 1. The summed E-state index contributed by atoms with van der Waals surface area (Å²) in [4.78, 5) is 12.2. The van der Waals surface area contributed by atoms with Gasteiger partial charge in [-0.25, -0.2) is 0 Å². The maximum atomic E-state index is 12.7. The molecule has 1 unspecified atom stereocenters. The molecule has 134 valence electrons. The van der Waals surface area contributed by atoms with Gasteiger partial charge < -0.3 is 10.1 Å². The number of carbonyl (C=O) groups is 1. The van der Waals surface area contributed by atoms with E-state index >= 15 is 0 Å². The van der Waals surface area contributed by atoms with Crippen molar-refractivity contribution >= 4 is 17.5 Å². The first-order chi connectivity index (χ1) is 11.8. The summed E-state index contributed by atoms with van der Waals surface area (Å²) in [6.45, 7) is 1.76. The maximum Gasteiger partial charge on any atom is 0.416 e. The van der Waals surface area contributed by atoms with Crippen LogP contribution in [0.1, 0.15) is 24.5 Å². The topological polar surface area (TPSA) is 38.3 Å². The molecule has 0 aliphatic heterocycles. The van der Waals surface area contributed by atoms with Gasteiger partial charge in [0.25, 0.3) is 5.91 Å². The van der Waals surface area contributed by atoms with Crippen molar-refractivity contribution in [2.24, 2.45) is 0 Å². The first-order valence-corrected chi connectivity index (χ1v) is 8.03. The van der Waals surface area contributed by atoms with Gasteiger partial charge in [0.15, 0.2) is 6.10 Å². The molecule has 2 aromatic carbocycles.